The molecule has 1 unspecified atom stereocenters. The first-order chi connectivity index (χ1) is 16.6. The molecule has 2 aromatic carbocycles. The van der Waals surface area contributed by atoms with Crippen molar-refractivity contribution in [3.05, 3.63) is 126 Å². The highest BCUT2D eigenvalue weighted by molar-refractivity contribution is 6.15. The molecule has 5 rings (SSSR count). The molecule has 0 saturated heterocycles. The van der Waals surface area contributed by atoms with Crippen LogP contribution in [0.3, 0.4) is 0 Å². The summed E-state index contributed by atoms with van der Waals surface area (Å²) in [5.41, 5.74) is 1.41. The van der Waals surface area contributed by atoms with Crippen LogP contribution in [0.4, 0.5) is 0 Å². The highest BCUT2D eigenvalue weighted by Gasteiger charge is 2.44. The van der Waals surface area contributed by atoms with Gasteiger partial charge in [0.05, 0.1) is 24.4 Å². The number of aliphatic hydroxyl groups is 1. The van der Waals surface area contributed by atoms with Gasteiger partial charge in [0.2, 0.25) is 5.78 Å². The maximum absolute atomic E-state index is 13.3. The third kappa shape index (κ3) is 4.06. The number of ketones is 1. The third-order valence-corrected chi connectivity index (χ3v) is 5.57. The number of amides is 1. The summed E-state index contributed by atoms with van der Waals surface area (Å²) in [6.07, 6.45) is 4.91. The van der Waals surface area contributed by atoms with Crippen LogP contribution in [0.25, 0.3) is 0 Å². The number of pyridine rings is 1. The van der Waals surface area contributed by atoms with Crippen LogP contribution in [-0.2, 0) is 11.3 Å². The van der Waals surface area contributed by atoms with E-state index in [9.17, 15) is 14.7 Å². The lowest BCUT2D eigenvalue weighted by atomic mass is 9.94. The predicted octanol–water partition coefficient (Wildman–Crippen LogP) is 4.66. The molecule has 1 aliphatic rings. The monoisotopic (exact) mass is 453 g/mol. The Morgan fingerprint density at radius 2 is 1.82 bits per heavy atom. The van der Waals surface area contributed by atoms with Crippen molar-refractivity contribution >= 4 is 11.7 Å². The standard InChI is InChI=1S/C27H20N2O5/c30-25(22-12-6-14-33-22)23-24(29(27(32)26(23)31)17-18-7-5-13-28-16-18)19-8-4-11-21(15-19)34-20-9-2-1-3-10-20/h1-16,24,31H,17H2/p+1. The van der Waals surface area contributed by atoms with Gasteiger partial charge in [-0.15, -0.1) is 0 Å². The van der Waals surface area contributed by atoms with Gasteiger partial charge in [0.25, 0.3) is 5.91 Å². The minimum atomic E-state index is -0.829. The zero-order chi connectivity index (χ0) is 23.5. The number of carbonyl (C=O) groups is 2. The maximum atomic E-state index is 13.3. The molecule has 7 heteroatoms. The molecule has 3 heterocycles. The minimum absolute atomic E-state index is 0.0308. The lowest BCUT2D eigenvalue weighted by molar-refractivity contribution is -0.378. The first-order valence-corrected chi connectivity index (χ1v) is 10.7. The number of hydrogen-bond donors (Lipinski definition) is 1. The Morgan fingerprint density at radius 1 is 1.00 bits per heavy atom. The van der Waals surface area contributed by atoms with Gasteiger partial charge in [0, 0.05) is 11.6 Å². The Labute approximate surface area is 195 Å². The summed E-state index contributed by atoms with van der Waals surface area (Å²) in [4.78, 5) is 30.9. The van der Waals surface area contributed by atoms with Gasteiger partial charge in [-0.05, 0) is 48.0 Å². The van der Waals surface area contributed by atoms with Gasteiger partial charge in [-0.3, -0.25) is 9.59 Å². The number of Topliss-reactive ketones (excluding diaryl/α,β-unsaturated/α-hetero) is 1. The maximum Gasteiger partial charge on any atom is 0.290 e. The summed E-state index contributed by atoms with van der Waals surface area (Å²) >= 11 is 0. The van der Waals surface area contributed by atoms with Crippen molar-refractivity contribution in [1.29, 1.82) is 0 Å². The zero-order valence-electron chi connectivity index (χ0n) is 18.0. The molecule has 34 heavy (non-hydrogen) atoms. The number of rotatable bonds is 7. The van der Waals surface area contributed by atoms with Gasteiger partial charge in [-0.25, -0.2) is 4.98 Å². The second kappa shape index (κ2) is 9.07. The number of para-hydroxylation sites is 1. The van der Waals surface area contributed by atoms with Crippen LogP contribution in [-0.4, -0.2) is 21.7 Å². The molecule has 2 N–H and O–H groups in total. The first-order valence-electron chi connectivity index (χ1n) is 10.7. The van der Waals surface area contributed by atoms with E-state index in [1.807, 2.05) is 42.5 Å². The summed E-state index contributed by atoms with van der Waals surface area (Å²) < 4.78 is 11.2. The molecule has 4 aromatic rings. The molecule has 2 aromatic heterocycles. The molecule has 1 aliphatic heterocycles. The SMILES string of the molecule is O=C(C1=C(O)C(=O)N(Cc2ccc[nH+]c2)C1c1cccc(Oc2ccccc2)c1)c1ccco1. The fourth-order valence-electron chi connectivity index (χ4n) is 4.03. The lowest BCUT2D eigenvalue weighted by Gasteiger charge is -2.26. The molecule has 1 amide bonds. The Balaban J connectivity index is 1.56. The number of hydrogen-bond acceptors (Lipinski definition) is 5. The van der Waals surface area contributed by atoms with E-state index < -0.39 is 23.5 Å². The predicted molar refractivity (Wildman–Crippen MR) is 122 cm³/mol. The summed E-state index contributed by atoms with van der Waals surface area (Å²) in [6.45, 7) is 0.184. The highest BCUT2D eigenvalue weighted by atomic mass is 16.5. The Morgan fingerprint density at radius 3 is 2.56 bits per heavy atom. The molecule has 0 saturated carbocycles. The number of aromatic amines is 1. The zero-order valence-corrected chi connectivity index (χ0v) is 18.0. The third-order valence-electron chi connectivity index (χ3n) is 5.57. The minimum Gasteiger partial charge on any atom is -0.503 e. The molecule has 0 radical (unpaired) electrons. The van der Waals surface area contributed by atoms with E-state index in [-0.39, 0.29) is 17.9 Å². The lowest BCUT2D eigenvalue weighted by Crippen LogP contribution is -2.31. The van der Waals surface area contributed by atoms with E-state index in [2.05, 4.69) is 4.98 Å². The quantitative estimate of drug-likeness (QED) is 0.411. The fourth-order valence-corrected chi connectivity index (χ4v) is 4.03. The fraction of sp³-hybridized carbons (Fsp3) is 0.0741. The number of carbonyl (C=O) groups excluding carboxylic acids is 2. The van der Waals surface area contributed by atoms with Crippen molar-refractivity contribution in [3.63, 3.8) is 0 Å². The average molecular weight is 453 g/mol. The van der Waals surface area contributed by atoms with Gasteiger partial charge in [-0.1, -0.05) is 30.3 Å². The van der Waals surface area contributed by atoms with Crippen molar-refractivity contribution in [2.75, 3.05) is 0 Å². The van der Waals surface area contributed by atoms with Gasteiger partial charge in [0.1, 0.15) is 11.5 Å². The van der Waals surface area contributed by atoms with E-state index in [1.54, 1.807) is 42.7 Å². The summed E-state index contributed by atoms with van der Waals surface area (Å²) in [6, 6.07) is 22.4. The normalized spacial score (nSPS) is 15.6. The number of nitrogens with zero attached hydrogens (tertiary/aromatic N) is 1. The Kier molecular flexibility index (Phi) is 5.66. The second-order valence-electron chi connectivity index (χ2n) is 7.80. The van der Waals surface area contributed by atoms with E-state index in [0.717, 1.165) is 5.56 Å². The van der Waals surface area contributed by atoms with Crippen LogP contribution in [0.15, 0.2) is 113 Å². The summed E-state index contributed by atoms with van der Waals surface area (Å²) in [5, 5.41) is 10.8. The number of H-pyrrole nitrogens is 1. The molecule has 0 fully saturated rings. The first kappa shape index (κ1) is 21.2. The number of aliphatic hydroxyl groups excluding tert-OH is 1. The van der Waals surface area contributed by atoms with Crippen LogP contribution >= 0.6 is 0 Å². The van der Waals surface area contributed by atoms with Crippen LogP contribution in [0.1, 0.15) is 27.7 Å². The van der Waals surface area contributed by atoms with Gasteiger partial charge in [0.15, 0.2) is 23.9 Å². The number of benzene rings is 2. The number of aromatic nitrogens is 1. The smallest absolute Gasteiger partial charge is 0.290 e. The molecule has 0 bridgehead atoms. The largest absolute Gasteiger partial charge is 0.503 e. The van der Waals surface area contributed by atoms with Crippen LogP contribution in [0.5, 0.6) is 11.5 Å². The second-order valence-corrected chi connectivity index (χ2v) is 7.80. The average Bonchev–Trinajstić information content (AvgIpc) is 3.49. The summed E-state index contributed by atoms with van der Waals surface area (Å²) in [7, 11) is 0. The molecular formula is C27H21N2O5+. The topological polar surface area (TPSA) is 94.1 Å². The van der Waals surface area contributed by atoms with Crippen molar-refractivity contribution in [1.82, 2.24) is 4.90 Å². The van der Waals surface area contributed by atoms with E-state index in [1.165, 1.54) is 17.2 Å². The van der Waals surface area contributed by atoms with Crippen molar-refractivity contribution in [2.45, 2.75) is 12.6 Å². The Hall–Kier alpha value is -4.65. The Bertz CT molecular complexity index is 1350. The van der Waals surface area contributed by atoms with Gasteiger partial charge in [-0.2, -0.15) is 0 Å². The summed E-state index contributed by atoms with van der Waals surface area (Å²) in [5.74, 6) is -0.508. The molecular weight excluding hydrogens is 432 g/mol. The van der Waals surface area contributed by atoms with Gasteiger partial charge < -0.3 is 19.2 Å². The molecule has 0 aliphatic carbocycles. The molecule has 0 spiro atoms. The van der Waals surface area contributed by atoms with E-state index in [4.69, 9.17) is 9.15 Å². The van der Waals surface area contributed by atoms with E-state index in [0.29, 0.717) is 17.1 Å². The molecule has 1 atom stereocenters. The van der Waals surface area contributed by atoms with Crippen LogP contribution in [0, 0.1) is 0 Å². The number of ether oxygens (including phenoxy) is 1. The number of nitrogens with one attached hydrogen (secondary N) is 1. The molecule has 7 nitrogen and oxygen atoms in total. The van der Waals surface area contributed by atoms with E-state index >= 15 is 0 Å². The van der Waals surface area contributed by atoms with Gasteiger partial charge >= 0.3 is 0 Å². The van der Waals surface area contributed by atoms with Crippen molar-refractivity contribution in [2.24, 2.45) is 0 Å². The van der Waals surface area contributed by atoms with Crippen LogP contribution in [0.2, 0.25) is 0 Å². The molecule has 168 valence electrons. The van der Waals surface area contributed by atoms with Crippen LogP contribution < -0.4 is 9.72 Å². The highest BCUT2D eigenvalue weighted by Crippen LogP contribution is 2.41. The van der Waals surface area contributed by atoms with Crippen molar-refractivity contribution in [3.8, 4) is 11.5 Å². The number of furan rings is 1. The van der Waals surface area contributed by atoms with Crippen molar-refractivity contribution < 1.29 is 28.8 Å².